The fourth-order valence-electron chi connectivity index (χ4n) is 7.28. The molecule has 0 aromatic heterocycles. The topological polar surface area (TPSA) is 0 Å². The fourth-order valence-corrected chi connectivity index (χ4v) is 11.4. The smallest absolute Gasteiger partial charge is 0.0623 e. The van der Waals surface area contributed by atoms with Crippen molar-refractivity contribution < 1.29 is 0 Å². The first-order chi connectivity index (χ1) is 18.7. The number of fused-ring (bicyclic) bond motifs is 6. The van der Waals surface area contributed by atoms with E-state index in [9.17, 15) is 0 Å². The van der Waals surface area contributed by atoms with Gasteiger partial charge < -0.3 is 0 Å². The molecule has 0 nitrogen and oxygen atoms in total. The average molecular weight is 538 g/mol. The molecule has 1 heteroatoms. The molecule has 4 aromatic rings. The van der Waals surface area contributed by atoms with E-state index in [1.165, 1.54) is 50.1 Å². The van der Waals surface area contributed by atoms with Gasteiger partial charge in [0.1, 0.15) is 8.80 Å². The van der Waals surface area contributed by atoms with Gasteiger partial charge in [0.2, 0.25) is 0 Å². The molecule has 3 aliphatic rings. The SMILES string of the molecule is CC(C)(C)C1=Cc2ccc3c(-c4cc(C(C)(C)C)cc(C(C)(C)C)c4)c2C1[Si]1c2ccccc2-c2cccc-3c21. The first-order valence-corrected chi connectivity index (χ1v) is 16.5. The van der Waals surface area contributed by atoms with Gasteiger partial charge in [0.05, 0.1) is 0 Å². The molecule has 0 fully saturated rings. The minimum atomic E-state index is -1.10. The maximum atomic E-state index is 2.57. The van der Waals surface area contributed by atoms with Crippen LogP contribution in [0.25, 0.3) is 39.5 Å². The van der Waals surface area contributed by atoms with Crippen LogP contribution in [0.5, 0.6) is 0 Å². The van der Waals surface area contributed by atoms with Crippen molar-refractivity contribution >= 4 is 25.2 Å². The first-order valence-electron chi connectivity index (χ1n) is 14.9. The van der Waals surface area contributed by atoms with E-state index in [4.69, 9.17) is 0 Å². The quantitative estimate of drug-likeness (QED) is 0.212. The molecule has 4 aromatic carbocycles. The molecule has 1 unspecified atom stereocenters. The van der Waals surface area contributed by atoms with Crippen LogP contribution in [0.4, 0.5) is 0 Å². The van der Waals surface area contributed by atoms with Crippen molar-refractivity contribution in [3.8, 4) is 33.4 Å². The van der Waals surface area contributed by atoms with E-state index in [0.29, 0.717) is 5.54 Å². The van der Waals surface area contributed by atoms with Gasteiger partial charge in [-0.25, -0.2) is 0 Å². The maximum Gasteiger partial charge on any atom is 0.135 e. The highest BCUT2D eigenvalue weighted by molar-refractivity contribution is 6.92. The summed E-state index contributed by atoms with van der Waals surface area (Å²) in [7, 11) is -1.10. The van der Waals surface area contributed by atoms with Gasteiger partial charge in [-0.2, -0.15) is 0 Å². The third-order valence-electron chi connectivity index (χ3n) is 9.43. The Balaban J connectivity index is 1.62. The Labute approximate surface area is 242 Å². The predicted molar refractivity (Wildman–Crippen MR) is 175 cm³/mol. The summed E-state index contributed by atoms with van der Waals surface area (Å²) in [6.07, 6.45) is 2.57. The molecule has 201 valence electrons. The monoisotopic (exact) mass is 537 g/mol. The third kappa shape index (κ3) is 3.63. The number of benzene rings is 4. The van der Waals surface area contributed by atoms with Crippen LogP contribution >= 0.6 is 0 Å². The van der Waals surface area contributed by atoms with E-state index in [-0.39, 0.29) is 16.2 Å². The number of allylic oxidation sites excluding steroid dienone is 1. The molecule has 0 saturated heterocycles. The first kappa shape index (κ1) is 25.8. The van der Waals surface area contributed by atoms with Crippen LogP contribution in [-0.4, -0.2) is 8.80 Å². The Hall–Kier alpha value is -3.16. The molecule has 1 atom stereocenters. The molecule has 1 radical (unpaired) electrons. The lowest BCUT2D eigenvalue weighted by atomic mass is 9.77. The zero-order valence-corrected chi connectivity index (χ0v) is 26.6. The van der Waals surface area contributed by atoms with Crippen LogP contribution < -0.4 is 10.4 Å². The maximum absolute atomic E-state index is 2.57. The number of hydrogen-bond acceptors (Lipinski definition) is 0. The molecule has 2 aliphatic heterocycles. The average Bonchev–Trinajstić information content (AvgIpc) is 3.40. The lowest BCUT2D eigenvalue weighted by Crippen LogP contribution is -2.45. The van der Waals surface area contributed by atoms with Crippen molar-refractivity contribution in [2.24, 2.45) is 5.41 Å². The summed E-state index contributed by atoms with van der Waals surface area (Å²) in [5, 5.41) is 3.22. The van der Waals surface area contributed by atoms with E-state index in [1.54, 1.807) is 21.5 Å². The Morgan fingerprint density at radius 1 is 0.575 bits per heavy atom. The molecule has 7 rings (SSSR count). The lowest BCUT2D eigenvalue weighted by molar-refractivity contribution is 0.494. The van der Waals surface area contributed by atoms with Gasteiger partial charge in [-0.1, -0.05) is 147 Å². The van der Waals surface area contributed by atoms with Gasteiger partial charge in [0, 0.05) is 5.54 Å². The van der Waals surface area contributed by atoms with E-state index < -0.39 is 8.80 Å². The van der Waals surface area contributed by atoms with Crippen molar-refractivity contribution in [2.75, 3.05) is 0 Å². The van der Waals surface area contributed by atoms with Crippen LogP contribution in [0.15, 0.2) is 78.4 Å². The molecule has 0 spiro atoms. The van der Waals surface area contributed by atoms with Crippen LogP contribution in [-0.2, 0) is 10.8 Å². The van der Waals surface area contributed by atoms with Crippen molar-refractivity contribution in [1.82, 2.24) is 0 Å². The highest BCUT2D eigenvalue weighted by Crippen LogP contribution is 2.55. The minimum absolute atomic E-state index is 0.0763. The van der Waals surface area contributed by atoms with E-state index >= 15 is 0 Å². The van der Waals surface area contributed by atoms with Gasteiger partial charge >= 0.3 is 0 Å². The number of hydrogen-bond donors (Lipinski definition) is 0. The largest absolute Gasteiger partial charge is 0.135 e. The summed E-state index contributed by atoms with van der Waals surface area (Å²) in [6.45, 7) is 21.4. The Bertz CT molecular complexity index is 1710. The van der Waals surface area contributed by atoms with Gasteiger partial charge in [0.15, 0.2) is 0 Å². The summed E-state index contributed by atoms with van der Waals surface area (Å²) < 4.78 is 0. The second-order valence-electron chi connectivity index (χ2n) is 15.3. The van der Waals surface area contributed by atoms with Crippen molar-refractivity contribution in [2.45, 2.75) is 78.7 Å². The Morgan fingerprint density at radius 3 is 1.80 bits per heavy atom. The highest BCUT2D eigenvalue weighted by atomic mass is 28.3. The standard InChI is InChI=1S/C39H41Si/c1-37(2,3)25-19-24(20-26(22-25)38(4,5)6)33-28-18-17-23-21-31(39(7,8)9)36(34(23)33)40-32-16-11-10-13-27(32)29-14-12-15-30(28)35(29)40/h10-22,36H,1-9H3. The van der Waals surface area contributed by atoms with Crippen LogP contribution in [0.1, 0.15) is 90.1 Å². The molecule has 0 amide bonds. The van der Waals surface area contributed by atoms with Gasteiger partial charge in [-0.05, 0) is 82.3 Å². The third-order valence-corrected chi connectivity index (χ3v) is 12.7. The second kappa shape index (κ2) is 8.20. The predicted octanol–water partition coefficient (Wildman–Crippen LogP) is 9.28. The molecular formula is C39H41Si. The normalized spacial score (nSPS) is 17.4. The van der Waals surface area contributed by atoms with E-state index in [1.807, 2.05) is 0 Å². The fraction of sp³-hybridized carbons (Fsp3) is 0.333. The van der Waals surface area contributed by atoms with Crippen LogP contribution in [0.3, 0.4) is 0 Å². The summed E-state index contributed by atoms with van der Waals surface area (Å²) in [5.41, 5.74) is 16.8. The molecule has 0 saturated carbocycles. The second-order valence-corrected chi connectivity index (χ2v) is 17.7. The van der Waals surface area contributed by atoms with Gasteiger partial charge in [-0.15, -0.1) is 0 Å². The van der Waals surface area contributed by atoms with Gasteiger partial charge in [0.25, 0.3) is 0 Å². The number of rotatable bonds is 1. The zero-order valence-electron chi connectivity index (χ0n) is 25.6. The van der Waals surface area contributed by atoms with Crippen LogP contribution in [0.2, 0.25) is 0 Å². The Kier molecular flexibility index (Phi) is 5.28. The Morgan fingerprint density at radius 2 is 1.18 bits per heavy atom. The highest BCUT2D eigenvalue weighted by Gasteiger charge is 2.48. The minimum Gasteiger partial charge on any atom is -0.0623 e. The molecule has 1 aliphatic carbocycles. The molecule has 2 heterocycles. The van der Waals surface area contributed by atoms with E-state index in [0.717, 1.165) is 0 Å². The van der Waals surface area contributed by atoms with Crippen LogP contribution in [0, 0.1) is 5.41 Å². The van der Waals surface area contributed by atoms with Gasteiger partial charge in [-0.3, -0.25) is 0 Å². The summed E-state index contributed by atoms with van der Waals surface area (Å²) in [5.74, 6) is 0. The summed E-state index contributed by atoms with van der Waals surface area (Å²) >= 11 is 0. The molecule has 2 bridgehead atoms. The summed E-state index contributed by atoms with van der Waals surface area (Å²) in [6, 6.07) is 28.8. The summed E-state index contributed by atoms with van der Waals surface area (Å²) in [4.78, 5) is 0. The molecule has 40 heavy (non-hydrogen) atoms. The molecular weight excluding hydrogens is 497 g/mol. The van der Waals surface area contributed by atoms with Crippen molar-refractivity contribution in [3.05, 3.63) is 101 Å². The van der Waals surface area contributed by atoms with Crippen molar-refractivity contribution in [1.29, 1.82) is 0 Å². The molecule has 0 N–H and O–H groups in total. The van der Waals surface area contributed by atoms with E-state index in [2.05, 4.69) is 141 Å². The zero-order chi connectivity index (χ0) is 28.4. The lowest BCUT2D eigenvalue weighted by Gasteiger charge is -2.32. The van der Waals surface area contributed by atoms with Crippen molar-refractivity contribution in [3.63, 3.8) is 0 Å².